The number of nitrogens with one attached hydrogen (secondary N) is 1. The summed E-state index contributed by atoms with van der Waals surface area (Å²) in [6.45, 7) is 17.7. The van der Waals surface area contributed by atoms with Crippen LogP contribution >= 0.6 is 0 Å². The molecule has 0 atom stereocenters. The van der Waals surface area contributed by atoms with E-state index in [1.54, 1.807) is 0 Å². The Labute approximate surface area is 112 Å². The van der Waals surface area contributed by atoms with Crippen LogP contribution in [0.5, 0.6) is 0 Å². The highest BCUT2D eigenvalue weighted by molar-refractivity contribution is 6.07. The van der Waals surface area contributed by atoms with Gasteiger partial charge in [0.15, 0.2) is 0 Å². The maximum absolute atomic E-state index is 4.55. The van der Waals surface area contributed by atoms with Crippen LogP contribution in [0.4, 0.5) is 0 Å². The van der Waals surface area contributed by atoms with Crippen LogP contribution in [0.2, 0.25) is 0 Å². The quantitative estimate of drug-likeness (QED) is 0.492. The summed E-state index contributed by atoms with van der Waals surface area (Å²) in [4.78, 5) is 8.54. The average molecular weight is 249 g/mol. The summed E-state index contributed by atoms with van der Waals surface area (Å²) in [6.07, 6.45) is 4.21. The molecule has 0 amide bonds. The van der Waals surface area contributed by atoms with Crippen LogP contribution in [0.3, 0.4) is 0 Å². The van der Waals surface area contributed by atoms with E-state index >= 15 is 0 Å². The lowest BCUT2D eigenvalue weighted by Crippen LogP contribution is -2.15. The van der Waals surface area contributed by atoms with Crippen molar-refractivity contribution >= 4 is 12.4 Å². The van der Waals surface area contributed by atoms with Gasteiger partial charge in [-0.3, -0.25) is 4.99 Å². The Bertz CT molecular complexity index is 325. The predicted molar refractivity (Wildman–Crippen MR) is 82.5 cm³/mol. The third kappa shape index (κ3) is 7.82. The fourth-order valence-electron chi connectivity index (χ4n) is 1.26. The summed E-state index contributed by atoms with van der Waals surface area (Å²) in [5, 5.41) is 3.25. The summed E-state index contributed by atoms with van der Waals surface area (Å²) in [6, 6.07) is 0. The smallest absolute Gasteiger partial charge is 0.127 e. The van der Waals surface area contributed by atoms with E-state index in [1.165, 1.54) is 0 Å². The number of allylic oxidation sites excluding steroid dienone is 2. The van der Waals surface area contributed by atoms with E-state index in [0.717, 1.165) is 43.0 Å². The summed E-state index contributed by atoms with van der Waals surface area (Å²) >= 11 is 0. The highest BCUT2D eigenvalue weighted by atomic mass is 15.0. The van der Waals surface area contributed by atoms with E-state index < -0.39 is 0 Å². The molecule has 102 valence electrons. The van der Waals surface area contributed by atoms with Gasteiger partial charge >= 0.3 is 0 Å². The van der Waals surface area contributed by atoms with Crippen molar-refractivity contribution in [2.75, 3.05) is 13.1 Å². The Kier molecular flexibility index (Phi) is 8.89. The lowest BCUT2D eigenvalue weighted by Gasteiger charge is -2.08. The van der Waals surface area contributed by atoms with Gasteiger partial charge in [-0.1, -0.05) is 33.8 Å². The third-order valence-corrected chi connectivity index (χ3v) is 2.34. The van der Waals surface area contributed by atoms with Crippen LogP contribution in [0.1, 0.15) is 40.5 Å². The third-order valence-electron chi connectivity index (χ3n) is 2.34. The van der Waals surface area contributed by atoms with Crippen LogP contribution in [0.25, 0.3) is 0 Å². The minimum atomic E-state index is 0.543. The van der Waals surface area contributed by atoms with E-state index in [1.807, 2.05) is 13.0 Å². The van der Waals surface area contributed by atoms with Gasteiger partial charge in [-0.15, -0.1) is 0 Å². The monoisotopic (exact) mass is 249 g/mol. The molecule has 3 nitrogen and oxygen atoms in total. The Morgan fingerprint density at radius 1 is 1.39 bits per heavy atom. The van der Waals surface area contributed by atoms with Crippen LogP contribution in [0, 0.1) is 5.92 Å². The molecule has 0 fully saturated rings. The van der Waals surface area contributed by atoms with Crippen LogP contribution in [0.15, 0.2) is 34.0 Å². The minimum absolute atomic E-state index is 0.543. The second kappa shape index (κ2) is 9.63. The first-order chi connectivity index (χ1) is 8.51. The summed E-state index contributed by atoms with van der Waals surface area (Å²) in [5.74, 6) is 1.31. The molecule has 0 rings (SSSR count). The van der Waals surface area contributed by atoms with Gasteiger partial charge in [0.1, 0.15) is 5.82 Å². The summed E-state index contributed by atoms with van der Waals surface area (Å²) in [7, 11) is 0. The fraction of sp³-hybridized carbons (Fsp3) is 0.600. The van der Waals surface area contributed by atoms with Gasteiger partial charge in [-0.25, -0.2) is 4.99 Å². The second-order valence-electron chi connectivity index (χ2n) is 4.87. The molecule has 0 aliphatic rings. The summed E-state index contributed by atoms with van der Waals surface area (Å²) in [5.41, 5.74) is 1.85. The fourth-order valence-corrected chi connectivity index (χ4v) is 1.26. The van der Waals surface area contributed by atoms with Crippen molar-refractivity contribution < 1.29 is 0 Å². The van der Waals surface area contributed by atoms with Gasteiger partial charge in [0.2, 0.25) is 0 Å². The summed E-state index contributed by atoms with van der Waals surface area (Å²) < 4.78 is 0. The molecule has 0 aromatic rings. The normalized spacial score (nSPS) is 12.7. The maximum Gasteiger partial charge on any atom is 0.127 e. The van der Waals surface area contributed by atoms with E-state index in [0.29, 0.717) is 5.92 Å². The molecule has 0 aliphatic carbocycles. The number of nitrogens with zero attached hydrogens (tertiary/aromatic N) is 2. The second-order valence-corrected chi connectivity index (χ2v) is 4.87. The molecular weight excluding hydrogens is 222 g/mol. The van der Waals surface area contributed by atoms with E-state index in [4.69, 9.17) is 0 Å². The molecule has 0 saturated heterocycles. The van der Waals surface area contributed by atoms with Gasteiger partial charge in [-0.2, -0.15) is 0 Å². The number of hydrogen-bond acceptors (Lipinski definition) is 3. The molecule has 3 heteroatoms. The highest BCUT2D eigenvalue weighted by Crippen LogP contribution is 2.03. The van der Waals surface area contributed by atoms with E-state index in [9.17, 15) is 0 Å². The van der Waals surface area contributed by atoms with E-state index in [2.05, 4.69) is 49.4 Å². The highest BCUT2D eigenvalue weighted by Gasteiger charge is 2.00. The first-order valence-corrected chi connectivity index (χ1v) is 6.63. The molecule has 0 heterocycles. The average Bonchev–Trinajstić information content (AvgIpc) is 2.31. The molecule has 18 heavy (non-hydrogen) atoms. The lowest BCUT2D eigenvalue weighted by atomic mass is 10.1. The standard InChI is InChI=1S/C15H27N3/c1-7-8-9-17-15(16-6)10-14(13(4)5)18-11-12(2)3/h10,12,17H,4,6-9,11H2,1-3,5H3/b15-10+,18-14+. The van der Waals surface area contributed by atoms with E-state index in [-0.39, 0.29) is 0 Å². The largest absolute Gasteiger partial charge is 0.370 e. The molecule has 0 radical (unpaired) electrons. The van der Waals surface area contributed by atoms with Crippen molar-refractivity contribution in [3.63, 3.8) is 0 Å². The zero-order valence-electron chi connectivity index (χ0n) is 12.3. The van der Waals surface area contributed by atoms with Crippen molar-refractivity contribution in [3.8, 4) is 0 Å². The van der Waals surface area contributed by atoms with Gasteiger partial charge in [0.25, 0.3) is 0 Å². The molecule has 0 aromatic heterocycles. The maximum atomic E-state index is 4.55. The lowest BCUT2D eigenvalue weighted by molar-refractivity contribution is 0.666. The van der Waals surface area contributed by atoms with Gasteiger partial charge in [-0.05, 0) is 31.6 Å². The van der Waals surface area contributed by atoms with Crippen LogP contribution in [-0.4, -0.2) is 25.5 Å². The van der Waals surface area contributed by atoms with Crippen molar-refractivity contribution in [1.82, 2.24) is 5.32 Å². The Balaban J connectivity index is 4.72. The van der Waals surface area contributed by atoms with Crippen LogP contribution in [-0.2, 0) is 0 Å². The topological polar surface area (TPSA) is 36.8 Å². The Morgan fingerprint density at radius 2 is 2.06 bits per heavy atom. The number of aliphatic imine (C=N–C) groups is 2. The van der Waals surface area contributed by atoms with Crippen molar-refractivity contribution in [3.05, 3.63) is 24.0 Å². The van der Waals surface area contributed by atoms with Crippen molar-refractivity contribution in [1.29, 1.82) is 0 Å². The van der Waals surface area contributed by atoms with Crippen LogP contribution < -0.4 is 5.32 Å². The van der Waals surface area contributed by atoms with Gasteiger partial charge < -0.3 is 5.32 Å². The first-order valence-electron chi connectivity index (χ1n) is 6.63. The minimum Gasteiger partial charge on any atom is -0.370 e. The molecule has 0 aliphatic heterocycles. The Morgan fingerprint density at radius 3 is 2.50 bits per heavy atom. The molecule has 0 saturated carbocycles. The molecule has 1 N–H and O–H groups in total. The SMILES string of the molecule is C=N/C(=C\C(=N/CC(C)C)C(=C)C)NCCCC. The number of rotatable bonds is 9. The number of hydrogen-bond donors (Lipinski definition) is 1. The molecule has 0 spiro atoms. The Hall–Kier alpha value is -1.38. The zero-order valence-corrected chi connectivity index (χ0v) is 12.3. The first kappa shape index (κ1) is 16.6. The molecule has 0 unspecified atom stereocenters. The van der Waals surface area contributed by atoms with Gasteiger partial charge in [0, 0.05) is 19.2 Å². The molecule has 0 bridgehead atoms. The van der Waals surface area contributed by atoms with Crippen molar-refractivity contribution in [2.24, 2.45) is 15.9 Å². The molecule has 0 aromatic carbocycles. The predicted octanol–water partition coefficient (Wildman–Crippen LogP) is 3.59. The molecular formula is C15H27N3. The zero-order chi connectivity index (χ0) is 14.0. The van der Waals surface area contributed by atoms with Crippen molar-refractivity contribution in [2.45, 2.75) is 40.5 Å². The van der Waals surface area contributed by atoms with Gasteiger partial charge in [0.05, 0.1) is 5.71 Å². The number of unbranched alkanes of at least 4 members (excludes halogenated alkanes) is 1.